The van der Waals surface area contributed by atoms with Gasteiger partial charge < -0.3 is 9.82 Å². The first-order chi connectivity index (χ1) is 11.8. The zero-order chi connectivity index (χ0) is 18.2. The van der Waals surface area contributed by atoms with Crippen molar-refractivity contribution in [3.63, 3.8) is 0 Å². The molecule has 0 amide bonds. The number of nitrogens with zero attached hydrogens (tertiary/aromatic N) is 2. The molecule has 1 aromatic heterocycles. The maximum absolute atomic E-state index is 13.1. The van der Waals surface area contributed by atoms with Crippen LogP contribution in [0.25, 0.3) is 11.0 Å². The van der Waals surface area contributed by atoms with Gasteiger partial charge in [0.05, 0.1) is 22.7 Å². The van der Waals surface area contributed by atoms with Crippen LogP contribution in [-0.2, 0) is 6.18 Å². The predicted molar refractivity (Wildman–Crippen MR) is 82.0 cm³/mol. The highest BCUT2D eigenvalue weighted by atomic mass is 19.4. The first-order valence-electron chi connectivity index (χ1n) is 7.79. The molecule has 0 unspecified atom stereocenters. The SMILES string of the molecule is N#Cc1cc2c(cc1C(F)(F)F)[nH]c(=O)c(=O)n2OC1CCCCC1. The van der Waals surface area contributed by atoms with Crippen molar-refractivity contribution in [2.75, 3.05) is 0 Å². The Morgan fingerprint density at radius 2 is 1.88 bits per heavy atom. The lowest BCUT2D eigenvalue weighted by Crippen LogP contribution is -2.43. The van der Waals surface area contributed by atoms with Crippen molar-refractivity contribution >= 4 is 11.0 Å². The molecule has 0 atom stereocenters. The van der Waals surface area contributed by atoms with E-state index in [9.17, 15) is 22.8 Å². The Morgan fingerprint density at radius 3 is 2.48 bits per heavy atom. The number of alkyl halides is 3. The number of benzene rings is 1. The first-order valence-corrected chi connectivity index (χ1v) is 7.79. The van der Waals surface area contributed by atoms with Crippen LogP contribution in [0.4, 0.5) is 13.2 Å². The van der Waals surface area contributed by atoms with E-state index < -0.39 is 28.4 Å². The first kappa shape index (κ1) is 17.1. The van der Waals surface area contributed by atoms with Crippen molar-refractivity contribution in [2.45, 2.75) is 44.4 Å². The highest BCUT2D eigenvalue weighted by Crippen LogP contribution is 2.33. The van der Waals surface area contributed by atoms with Crippen LogP contribution in [0.15, 0.2) is 21.7 Å². The Balaban J connectivity index is 2.21. The number of rotatable bonds is 2. The van der Waals surface area contributed by atoms with Crippen LogP contribution in [-0.4, -0.2) is 15.8 Å². The van der Waals surface area contributed by atoms with Gasteiger partial charge in [0.1, 0.15) is 11.6 Å². The molecule has 1 saturated carbocycles. The molecule has 132 valence electrons. The zero-order valence-electron chi connectivity index (χ0n) is 13.0. The molecule has 1 heterocycles. The van der Waals surface area contributed by atoms with Crippen molar-refractivity contribution < 1.29 is 18.0 Å². The van der Waals surface area contributed by atoms with Crippen LogP contribution in [0.5, 0.6) is 0 Å². The van der Waals surface area contributed by atoms with E-state index in [1.54, 1.807) is 0 Å². The van der Waals surface area contributed by atoms with Crippen LogP contribution in [0.2, 0.25) is 0 Å². The molecule has 0 saturated heterocycles. The van der Waals surface area contributed by atoms with Gasteiger partial charge in [-0.2, -0.15) is 18.4 Å². The highest BCUT2D eigenvalue weighted by molar-refractivity contribution is 5.77. The minimum absolute atomic E-state index is 0.0697. The van der Waals surface area contributed by atoms with Gasteiger partial charge in [-0.3, -0.25) is 9.59 Å². The summed E-state index contributed by atoms with van der Waals surface area (Å²) in [5, 5.41) is 9.03. The maximum Gasteiger partial charge on any atom is 0.417 e. The molecule has 0 bridgehead atoms. The maximum atomic E-state index is 13.1. The van der Waals surface area contributed by atoms with Gasteiger partial charge in [-0.1, -0.05) is 6.42 Å². The van der Waals surface area contributed by atoms with Gasteiger partial charge in [-0.05, 0) is 37.8 Å². The van der Waals surface area contributed by atoms with Gasteiger partial charge in [-0.25, -0.2) is 0 Å². The molecule has 2 aromatic rings. The molecule has 1 aromatic carbocycles. The lowest BCUT2D eigenvalue weighted by molar-refractivity contribution is -0.137. The van der Waals surface area contributed by atoms with Gasteiger partial charge in [0, 0.05) is 0 Å². The van der Waals surface area contributed by atoms with Crippen molar-refractivity contribution in [3.05, 3.63) is 44.0 Å². The molecule has 6 nitrogen and oxygen atoms in total. The van der Waals surface area contributed by atoms with E-state index in [1.807, 2.05) is 0 Å². The standard InChI is InChI=1S/C16H14F3N3O3/c17-16(18,19)11-7-12-13(6-9(11)8-20)22(15(24)14(23)21-12)25-10-4-2-1-3-5-10/h6-7,10H,1-5H2,(H,21,23). The van der Waals surface area contributed by atoms with E-state index >= 15 is 0 Å². The van der Waals surface area contributed by atoms with Gasteiger partial charge in [0.25, 0.3) is 0 Å². The van der Waals surface area contributed by atoms with Crippen LogP contribution >= 0.6 is 0 Å². The second kappa shape index (κ2) is 6.27. The fourth-order valence-electron chi connectivity index (χ4n) is 2.99. The molecule has 1 aliphatic carbocycles. The molecular formula is C16H14F3N3O3. The fraction of sp³-hybridized carbons (Fsp3) is 0.438. The van der Waals surface area contributed by atoms with Gasteiger partial charge in [0.15, 0.2) is 0 Å². The summed E-state index contributed by atoms with van der Waals surface area (Å²) in [7, 11) is 0. The Bertz CT molecular complexity index is 963. The quantitative estimate of drug-likeness (QED) is 0.840. The van der Waals surface area contributed by atoms with E-state index in [0.29, 0.717) is 23.6 Å². The monoisotopic (exact) mass is 353 g/mol. The third kappa shape index (κ3) is 3.24. The third-order valence-corrected chi connectivity index (χ3v) is 4.21. The second-order valence-corrected chi connectivity index (χ2v) is 5.94. The minimum atomic E-state index is -4.76. The minimum Gasteiger partial charge on any atom is -0.407 e. The zero-order valence-corrected chi connectivity index (χ0v) is 13.0. The van der Waals surface area contributed by atoms with Crippen LogP contribution < -0.4 is 16.0 Å². The van der Waals surface area contributed by atoms with Gasteiger partial charge in [-0.15, -0.1) is 4.73 Å². The fourth-order valence-corrected chi connectivity index (χ4v) is 2.99. The molecule has 1 fully saturated rings. The summed E-state index contributed by atoms with van der Waals surface area (Å²) in [6.07, 6.45) is -0.840. The van der Waals surface area contributed by atoms with Crippen LogP contribution in [0, 0.1) is 11.3 Å². The van der Waals surface area contributed by atoms with Crippen molar-refractivity contribution in [3.8, 4) is 6.07 Å². The molecular weight excluding hydrogens is 339 g/mol. The number of hydrogen-bond donors (Lipinski definition) is 1. The number of halogens is 3. The number of hydrogen-bond acceptors (Lipinski definition) is 4. The van der Waals surface area contributed by atoms with Gasteiger partial charge >= 0.3 is 17.3 Å². The summed E-state index contributed by atoms with van der Waals surface area (Å²) < 4.78 is 39.9. The Kier molecular flexibility index (Phi) is 4.29. The number of aromatic nitrogens is 2. The summed E-state index contributed by atoms with van der Waals surface area (Å²) in [6.45, 7) is 0. The predicted octanol–water partition coefficient (Wildman–Crippen LogP) is 2.34. The normalized spacial score (nSPS) is 15.9. The second-order valence-electron chi connectivity index (χ2n) is 5.94. The van der Waals surface area contributed by atoms with Crippen LogP contribution in [0.1, 0.15) is 43.2 Å². The lowest BCUT2D eigenvalue weighted by Gasteiger charge is -2.24. The van der Waals surface area contributed by atoms with E-state index in [0.717, 1.165) is 25.3 Å². The molecule has 25 heavy (non-hydrogen) atoms. The number of H-pyrrole nitrogens is 1. The summed E-state index contributed by atoms with van der Waals surface area (Å²) in [5.41, 5.74) is -4.22. The number of nitrogens with one attached hydrogen (secondary N) is 1. The summed E-state index contributed by atoms with van der Waals surface area (Å²) in [4.78, 5) is 31.6. The van der Waals surface area contributed by atoms with E-state index in [1.165, 1.54) is 6.07 Å². The highest BCUT2D eigenvalue weighted by Gasteiger charge is 2.34. The average Bonchev–Trinajstić information content (AvgIpc) is 2.58. The number of nitriles is 1. The van der Waals surface area contributed by atoms with Gasteiger partial charge in [0.2, 0.25) is 0 Å². The van der Waals surface area contributed by atoms with Crippen molar-refractivity contribution in [2.24, 2.45) is 0 Å². The number of fused-ring (bicyclic) bond motifs is 1. The molecule has 9 heteroatoms. The Labute approximate surface area is 139 Å². The topological polar surface area (TPSA) is 87.9 Å². The van der Waals surface area contributed by atoms with E-state index in [4.69, 9.17) is 10.1 Å². The Morgan fingerprint density at radius 1 is 1.20 bits per heavy atom. The molecule has 1 aliphatic rings. The van der Waals surface area contributed by atoms with E-state index in [-0.39, 0.29) is 17.1 Å². The smallest absolute Gasteiger partial charge is 0.407 e. The summed E-state index contributed by atoms with van der Waals surface area (Å²) in [5.74, 6) is 0. The van der Waals surface area contributed by atoms with Crippen molar-refractivity contribution in [1.82, 2.24) is 9.71 Å². The molecule has 1 N–H and O–H groups in total. The molecule has 0 radical (unpaired) electrons. The number of aromatic amines is 1. The molecule has 0 aliphatic heterocycles. The van der Waals surface area contributed by atoms with Crippen LogP contribution in [0.3, 0.4) is 0 Å². The largest absolute Gasteiger partial charge is 0.417 e. The summed E-state index contributed by atoms with van der Waals surface area (Å²) in [6, 6.07) is 3.04. The molecule has 3 rings (SSSR count). The molecule has 0 spiro atoms. The van der Waals surface area contributed by atoms with Crippen molar-refractivity contribution in [1.29, 1.82) is 5.26 Å². The van der Waals surface area contributed by atoms with E-state index in [2.05, 4.69) is 4.98 Å². The Hall–Kier alpha value is -2.76. The summed E-state index contributed by atoms with van der Waals surface area (Å²) >= 11 is 0. The average molecular weight is 353 g/mol. The lowest BCUT2D eigenvalue weighted by atomic mass is 9.98. The third-order valence-electron chi connectivity index (χ3n) is 4.21.